The summed E-state index contributed by atoms with van der Waals surface area (Å²) in [6, 6.07) is 14.5. The third-order valence-corrected chi connectivity index (χ3v) is 5.02. The van der Waals surface area contributed by atoms with E-state index in [4.69, 9.17) is 0 Å². The zero-order valence-corrected chi connectivity index (χ0v) is 16.9. The highest BCUT2D eigenvalue weighted by Gasteiger charge is 2.30. The minimum Gasteiger partial charge on any atom is -0.351 e. The molecule has 1 heterocycles. The van der Waals surface area contributed by atoms with E-state index < -0.39 is 11.7 Å². The number of nitrogens with one attached hydrogen (secondary N) is 1. The van der Waals surface area contributed by atoms with Crippen molar-refractivity contribution in [3.8, 4) is 0 Å². The second-order valence-corrected chi connectivity index (χ2v) is 7.32. The van der Waals surface area contributed by atoms with Gasteiger partial charge in [0.25, 0.3) is 0 Å². The normalized spacial score (nSPS) is 15.3. The molecule has 31 heavy (non-hydrogen) atoms. The van der Waals surface area contributed by atoms with Gasteiger partial charge in [0.05, 0.1) is 12.1 Å². The van der Waals surface area contributed by atoms with E-state index in [0.29, 0.717) is 38.3 Å². The predicted molar refractivity (Wildman–Crippen MR) is 112 cm³/mol. The van der Waals surface area contributed by atoms with Crippen LogP contribution in [-0.4, -0.2) is 54.3 Å². The molecular formula is C23H24F3N3O2. The second kappa shape index (κ2) is 10.3. The first-order valence-electron chi connectivity index (χ1n) is 9.98. The zero-order valence-electron chi connectivity index (χ0n) is 16.9. The molecule has 164 valence electrons. The van der Waals surface area contributed by atoms with Crippen molar-refractivity contribution >= 4 is 17.9 Å². The zero-order chi connectivity index (χ0) is 22.3. The van der Waals surface area contributed by atoms with E-state index in [-0.39, 0.29) is 18.4 Å². The average molecular weight is 431 g/mol. The van der Waals surface area contributed by atoms with Crippen LogP contribution in [0.5, 0.6) is 0 Å². The molecule has 1 N–H and O–H groups in total. The number of halogens is 3. The topological polar surface area (TPSA) is 52.7 Å². The fraction of sp³-hybridized carbons (Fsp3) is 0.304. The van der Waals surface area contributed by atoms with Crippen LogP contribution in [0.2, 0.25) is 0 Å². The first-order valence-corrected chi connectivity index (χ1v) is 9.98. The number of rotatable bonds is 6. The van der Waals surface area contributed by atoms with E-state index in [1.807, 2.05) is 35.2 Å². The smallest absolute Gasteiger partial charge is 0.351 e. The lowest BCUT2D eigenvalue weighted by molar-refractivity contribution is -0.137. The fourth-order valence-electron chi connectivity index (χ4n) is 3.27. The Kier molecular flexibility index (Phi) is 7.46. The summed E-state index contributed by atoms with van der Waals surface area (Å²) in [6.07, 6.45) is -1.74. The minimum absolute atomic E-state index is 0.0759. The highest BCUT2D eigenvalue weighted by molar-refractivity contribution is 5.91. The Morgan fingerprint density at radius 1 is 0.968 bits per heavy atom. The Morgan fingerprint density at radius 3 is 2.35 bits per heavy atom. The van der Waals surface area contributed by atoms with Gasteiger partial charge in [0.15, 0.2) is 0 Å². The lowest BCUT2D eigenvalue weighted by Crippen LogP contribution is -2.50. The van der Waals surface area contributed by atoms with Crippen molar-refractivity contribution in [1.29, 1.82) is 0 Å². The van der Waals surface area contributed by atoms with Crippen molar-refractivity contribution in [3.63, 3.8) is 0 Å². The quantitative estimate of drug-likeness (QED) is 0.715. The summed E-state index contributed by atoms with van der Waals surface area (Å²) in [5, 5.41) is 2.88. The Labute approximate surface area is 179 Å². The van der Waals surface area contributed by atoms with Crippen LogP contribution in [0.4, 0.5) is 13.2 Å². The summed E-state index contributed by atoms with van der Waals surface area (Å²) < 4.78 is 38.4. The first-order chi connectivity index (χ1) is 14.8. The van der Waals surface area contributed by atoms with Gasteiger partial charge in [-0.1, -0.05) is 42.5 Å². The standard InChI is InChI=1S/C23H24F3N3O2/c24-23(25,26)20-8-4-7-18(15-20)9-10-22(31)29-13-11-28(12-14-29)17-21(30)27-16-19-5-2-1-3-6-19/h1-10,15H,11-14,16-17H2,(H,27,30)/b10-9+. The van der Waals surface area contributed by atoms with Crippen molar-refractivity contribution in [2.75, 3.05) is 32.7 Å². The van der Waals surface area contributed by atoms with E-state index in [2.05, 4.69) is 5.32 Å². The van der Waals surface area contributed by atoms with Crippen LogP contribution in [0.3, 0.4) is 0 Å². The maximum absolute atomic E-state index is 12.8. The van der Waals surface area contributed by atoms with Crippen LogP contribution >= 0.6 is 0 Å². The Morgan fingerprint density at radius 2 is 1.68 bits per heavy atom. The van der Waals surface area contributed by atoms with Gasteiger partial charge in [-0.25, -0.2) is 0 Å². The van der Waals surface area contributed by atoms with E-state index in [1.165, 1.54) is 24.3 Å². The first kappa shape index (κ1) is 22.6. The highest BCUT2D eigenvalue weighted by atomic mass is 19.4. The van der Waals surface area contributed by atoms with Crippen LogP contribution in [0.25, 0.3) is 6.08 Å². The predicted octanol–water partition coefficient (Wildman–Crippen LogP) is 3.18. The summed E-state index contributed by atoms with van der Waals surface area (Å²) in [7, 11) is 0. The van der Waals surface area contributed by atoms with Gasteiger partial charge < -0.3 is 10.2 Å². The molecule has 0 spiro atoms. The van der Waals surface area contributed by atoms with Crippen LogP contribution < -0.4 is 5.32 Å². The van der Waals surface area contributed by atoms with Gasteiger partial charge in [0.1, 0.15) is 0 Å². The molecule has 0 atom stereocenters. The second-order valence-electron chi connectivity index (χ2n) is 7.32. The Balaban J connectivity index is 1.43. The minimum atomic E-state index is -4.42. The van der Waals surface area contributed by atoms with Crippen molar-refractivity contribution in [2.45, 2.75) is 12.7 Å². The number of nitrogens with zero attached hydrogens (tertiary/aromatic N) is 2. The van der Waals surface area contributed by atoms with Crippen molar-refractivity contribution in [3.05, 3.63) is 77.4 Å². The molecule has 1 aliphatic heterocycles. The molecule has 2 aromatic rings. The van der Waals surface area contributed by atoms with Gasteiger partial charge in [-0.3, -0.25) is 14.5 Å². The maximum atomic E-state index is 12.8. The molecular weight excluding hydrogens is 407 g/mol. The van der Waals surface area contributed by atoms with E-state index in [0.717, 1.165) is 17.7 Å². The van der Waals surface area contributed by atoms with Gasteiger partial charge >= 0.3 is 6.18 Å². The lowest BCUT2D eigenvalue weighted by Gasteiger charge is -2.33. The van der Waals surface area contributed by atoms with Gasteiger partial charge in [-0.05, 0) is 29.3 Å². The number of amides is 2. The summed E-state index contributed by atoms with van der Waals surface area (Å²) >= 11 is 0. The van der Waals surface area contributed by atoms with E-state index >= 15 is 0 Å². The van der Waals surface area contributed by atoms with Gasteiger partial charge in [0, 0.05) is 38.8 Å². The van der Waals surface area contributed by atoms with Crippen LogP contribution in [0.1, 0.15) is 16.7 Å². The molecule has 5 nitrogen and oxygen atoms in total. The van der Waals surface area contributed by atoms with Gasteiger partial charge in [0.2, 0.25) is 11.8 Å². The van der Waals surface area contributed by atoms with Crippen LogP contribution in [0, 0.1) is 0 Å². The van der Waals surface area contributed by atoms with E-state index in [1.54, 1.807) is 4.90 Å². The van der Waals surface area contributed by atoms with Crippen LogP contribution in [-0.2, 0) is 22.3 Å². The number of piperazine rings is 1. The molecule has 8 heteroatoms. The molecule has 1 fully saturated rings. The largest absolute Gasteiger partial charge is 0.416 e. The average Bonchev–Trinajstić information content (AvgIpc) is 2.77. The molecule has 0 radical (unpaired) electrons. The summed E-state index contributed by atoms with van der Waals surface area (Å²) in [6.45, 7) is 2.76. The van der Waals surface area contributed by atoms with Crippen molar-refractivity contribution in [2.24, 2.45) is 0 Å². The Bertz CT molecular complexity index is 921. The molecule has 0 bridgehead atoms. The van der Waals surface area contributed by atoms with Crippen molar-refractivity contribution < 1.29 is 22.8 Å². The third-order valence-electron chi connectivity index (χ3n) is 5.02. The molecule has 3 rings (SSSR count). The molecule has 0 aliphatic carbocycles. The number of carbonyl (C=O) groups excluding carboxylic acids is 2. The number of benzene rings is 2. The molecule has 2 amide bonds. The van der Waals surface area contributed by atoms with E-state index in [9.17, 15) is 22.8 Å². The number of carbonyl (C=O) groups is 2. The molecule has 0 aromatic heterocycles. The summed E-state index contributed by atoms with van der Waals surface area (Å²) in [5.41, 5.74) is 0.594. The maximum Gasteiger partial charge on any atom is 0.416 e. The van der Waals surface area contributed by atoms with Gasteiger partial charge in [-0.15, -0.1) is 0 Å². The number of hydrogen-bond donors (Lipinski definition) is 1. The molecule has 1 aliphatic rings. The molecule has 0 saturated carbocycles. The Hall–Kier alpha value is -3.13. The number of alkyl halides is 3. The monoisotopic (exact) mass is 431 g/mol. The summed E-state index contributed by atoms with van der Waals surface area (Å²) in [4.78, 5) is 28.1. The highest BCUT2D eigenvalue weighted by Crippen LogP contribution is 2.29. The third kappa shape index (κ3) is 6.96. The van der Waals surface area contributed by atoms with Crippen LogP contribution in [0.15, 0.2) is 60.7 Å². The lowest BCUT2D eigenvalue weighted by atomic mass is 10.1. The van der Waals surface area contributed by atoms with Gasteiger partial charge in [-0.2, -0.15) is 13.2 Å². The molecule has 0 unspecified atom stereocenters. The SMILES string of the molecule is O=C(CN1CCN(C(=O)/C=C/c2cccc(C(F)(F)F)c2)CC1)NCc1ccccc1. The number of hydrogen-bond acceptors (Lipinski definition) is 3. The summed E-state index contributed by atoms with van der Waals surface area (Å²) in [5.74, 6) is -0.335. The molecule has 1 saturated heterocycles. The fourth-order valence-corrected chi connectivity index (χ4v) is 3.27. The van der Waals surface area contributed by atoms with Crippen molar-refractivity contribution in [1.82, 2.24) is 15.1 Å². The molecule has 2 aromatic carbocycles.